The van der Waals surface area contributed by atoms with Crippen LogP contribution < -0.4 is 9.80 Å². The van der Waals surface area contributed by atoms with Crippen molar-refractivity contribution in [2.24, 2.45) is 0 Å². The van der Waals surface area contributed by atoms with Crippen molar-refractivity contribution in [3.8, 4) is 17.0 Å². The Hall–Kier alpha value is -4.47. The summed E-state index contributed by atoms with van der Waals surface area (Å²) in [5, 5.41) is 11.4. The summed E-state index contributed by atoms with van der Waals surface area (Å²) in [4.78, 5) is 14.1. The molecule has 0 atom stereocenters. The third-order valence-electron chi connectivity index (χ3n) is 7.83. The van der Waals surface area contributed by atoms with Crippen LogP contribution in [0.3, 0.4) is 0 Å². The molecule has 0 saturated carbocycles. The van der Waals surface area contributed by atoms with Crippen molar-refractivity contribution in [2.75, 3.05) is 9.80 Å². The van der Waals surface area contributed by atoms with Crippen LogP contribution in [0.4, 0.5) is 34.3 Å². The first-order valence-electron chi connectivity index (χ1n) is 14.2. The predicted molar refractivity (Wildman–Crippen MR) is 172 cm³/mol. The first kappa shape index (κ1) is 28.6. The molecule has 5 nitrogen and oxygen atoms in total. The number of hydrogen-bond acceptors (Lipinski definition) is 5. The molecule has 43 heavy (non-hydrogen) atoms. The number of rotatable bonds is 3. The largest absolute Gasteiger partial charge is 0.506 e. The van der Waals surface area contributed by atoms with Gasteiger partial charge in [-0.15, -0.1) is 23.8 Å². The van der Waals surface area contributed by atoms with Crippen LogP contribution in [0.15, 0.2) is 109 Å². The number of aromatic hydroxyl groups is 1. The molecule has 4 aromatic carbocycles. The van der Waals surface area contributed by atoms with Crippen molar-refractivity contribution < 1.29 is 26.2 Å². The SMILES string of the molecule is Cc1ccnc(N2c3[c-]c(-c4ccc5cccc(O)c5n4)ccc3N(c3ccc(C(C)(C)C)cc3)c3ccccc32)c1.[Pt]. The second-order valence-electron chi connectivity index (χ2n) is 11.8. The van der Waals surface area contributed by atoms with Gasteiger partial charge >= 0.3 is 0 Å². The first-order valence-corrected chi connectivity index (χ1v) is 14.2. The van der Waals surface area contributed by atoms with E-state index in [1.54, 1.807) is 6.07 Å². The number of phenols is 1. The van der Waals surface area contributed by atoms with E-state index in [9.17, 15) is 5.11 Å². The number of aryl methyl sites for hydroxylation is 1. The predicted octanol–water partition coefficient (Wildman–Crippen LogP) is 9.66. The van der Waals surface area contributed by atoms with Crippen LogP contribution in [-0.2, 0) is 26.5 Å². The minimum absolute atomic E-state index is 0. The molecule has 0 radical (unpaired) electrons. The molecule has 0 saturated heterocycles. The van der Waals surface area contributed by atoms with Crippen molar-refractivity contribution in [1.29, 1.82) is 0 Å². The summed E-state index contributed by atoms with van der Waals surface area (Å²) in [5.74, 6) is 0.987. The third-order valence-corrected chi connectivity index (χ3v) is 7.83. The molecular formula is C37H31N4OPt-. The number of pyridine rings is 2. The number of nitrogens with zero attached hydrogens (tertiary/aromatic N) is 4. The van der Waals surface area contributed by atoms with Gasteiger partial charge in [-0.1, -0.05) is 69.3 Å². The maximum atomic E-state index is 10.5. The fourth-order valence-electron chi connectivity index (χ4n) is 5.62. The van der Waals surface area contributed by atoms with Gasteiger partial charge in [0.25, 0.3) is 0 Å². The topological polar surface area (TPSA) is 52.5 Å². The maximum absolute atomic E-state index is 10.5. The van der Waals surface area contributed by atoms with E-state index in [4.69, 9.17) is 9.97 Å². The van der Waals surface area contributed by atoms with Crippen molar-refractivity contribution in [1.82, 2.24) is 9.97 Å². The molecule has 0 aliphatic carbocycles. The zero-order chi connectivity index (χ0) is 29.0. The van der Waals surface area contributed by atoms with Crippen LogP contribution in [0, 0.1) is 13.0 Å². The fraction of sp³-hybridized carbons (Fsp3) is 0.135. The maximum Gasteiger partial charge on any atom is 0.140 e. The monoisotopic (exact) mass is 742 g/mol. The molecule has 0 spiro atoms. The Balaban J connectivity index is 0.00000329. The van der Waals surface area contributed by atoms with Gasteiger partial charge in [0, 0.05) is 38.3 Å². The van der Waals surface area contributed by atoms with Crippen LogP contribution in [0.2, 0.25) is 0 Å². The van der Waals surface area contributed by atoms with Gasteiger partial charge in [-0.2, -0.15) is 0 Å². The Bertz CT molecular complexity index is 1960. The van der Waals surface area contributed by atoms with Gasteiger partial charge in [-0.05, 0) is 83.0 Å². The number of benzene rings is 4. The fourth-order valence-corrected chi connectivity index (χ4v) is 5.62. The molecule has 3 heterocycles. The summed E-state index contributed by atoms with van der Waals surface area (Å²) in [6, 6.07) is 38.7. The van der Waals surface area contributed by atoms with E-state index in [2.05, 4.69) is 110 Å². The summed E-state index contributed by atoms with van der Waals surface area (Å²) in [6.45, 7) is 8.78. The zero-order valence-electron chi connectivity index (χ0n) is 24.4. The molecule has 6 heteroatoms. The molecule has 1 aliphatic rings. The van der Waals surface area contributed by atoms with Gasteiger partial charge in [0.1, 0.15) is 17.1 Å². The van der Waals surface area contributed by atoms with Crippen molar-refractivity contribution >= 4 is 45.2 Å². The van der Waals surface area contributed by atoms with E-state index >= 15 is 0 Å². The van der Waals surface area contributed by atoms with Crippen molar-refractivity contribution in [3.63, 3.8) is 0 Å². The third kappa shape index (κ3) is 5.08. The quantitative estimate of drug-likeness (QED) is 0.183. The summed E-state index contributed by atoms with van der Waals surface area (Å²) < 4.78 is 0. The van der Waals surface area contributed by atoms with E-state index in [-0.39, 0.29) is 32.2 Å². The molecular weight excluding hydrogens is 712 g/mol. The standard InChI is InChI=1S/C37H31N4O.Pt/c1-24-20-21-38-35(22-24)41-31-10-6-5-9-30(31)40(28-16-14-27(15-17-28)37(2,3)4)32-19-13-26(23-33(32)41)29-18-12-25-8-7-11-34(42)36(25)39-29;/h5-22,42H,1-4H3;/q-1;. The average Bonchev–Trinajstić information content (AvgIpc) is 2.99. The van der Waals surface area contributed by atoms with E-state index in [0.29, 0.717) is 5.52 Å². The Morgan fingerprint density at radius 3 is 2.21 bits per heavy atom. The molecule has 2 aromatic heterocycles. The van der Waals surface area contributed by atoms with Crippen LogP contribution in [-0.4, -0.2) is 15.1 Å². The minimum atomic E-state index is 0. The molecule has 0 fully saturated rings. The van der Waals surface area contributed by atoms with Crippen LogP contribution in [0.25, 0.3) is 22.2 Å². The number of aromatic nitrogens is 2. The van der Waals surface area contributed by atoms with Gasteiger partial charge in [0.2, 0.25) is 0 Å². The smallest absolute Gasteiger partial charge is 0.140 e. The van der Waals surface area contributed by atoms with Gasteiger partial charge in [0.15, 0.2) is 0 Å². The normalized spacial score (nSPS) is 12.5. The Morgan fingerprint density at radius 2 is 1.49 bits per heavy atom. The van der Waals surface area contributed by atoms with Gasteiger partial charge in [-0.3, -0.25) is 4.98 Å². The number of para-hydroxylation sites is 3. The van der Waals surface area contributed by atoms with Crippen molar-refractivity contribution in [3.05, 3.63) is 127 Å². The number of hydrogen-bond donors (Lipinski definition) is 1. The summed E-state index contributed by atoms with van der Waals surface area (Å²) in [6.07, 6.45) is 1.85. The molecule has 7 rings (SSSR count). The van der Waals surface area contributed by atoms with Crippen LogP contribution in [0.1, 0.15) is 31.9 Å². The Morgan fingerprint density at radius 1 is 0.744 bits per heavy atom. The first-order chi connectivity index (χ1) is 20.3. The summed E-state index contributed by atoms with van der Waals surface area (Å²) in [5.41, 5.74) is 9.64. The van der Waals surface area contributed by atoms with Crippen molar-refractivity contribution in [2.45, 2.75) is 33.1 Å². The van der Waals surface area contributed by atoms with Crippen LogP contribution >= 0.6 is 0 Å². The molecule has 216 valence electrons. The number of anilines is 6. The van der Waals surface area contributed by atoms with E-state index < -0.39 is 0 Å². The van der Waals surface area contributed by atoms with E-state index in [1.165, 1.54) is 5.56 Å². The average molecular weight is 743 g/mol. The van der Waals surface area contributed by atoms with Gasteiger partial charge in [0.05, 0.1) is 11.4 Å². The van der Waals surface area contributed by atoms with E-state index in [1.807, 2.05) is 36.5 Å². The molecule has 0 bridgehead atoms. The second kappa shape index (κ2) is 11.0. The Labute approximate surface area is 266 Å². The molecule has 1 N–H and O–H groups in total. The van der Waals surface area contributed by atoms with Crippen LogP contribution in [0.5, 0.6) is 5.75 Å². The van der Waals surface area contributed by atoms with Gasteiger partial charge < -0.3 is 14.9 Å². The summed E-state index contributed by atoms with van der Waals surface area (Å²) >= 11 is 0. The number of phenolic OH excluding ortho intramolecular Hbond substituents is 1. The minimum Gasteiger partial charge on any atom is -0.506 e. The Kier molecular flexibility index (Phi) is 7.31. The molecule has 0 unspecified atom stereocenters. The van der Waals surface area contributed by atoms with Gasteiger partial charge in [-0.25, -0.2) is 4.98 Å². The molecule has 0 amide bonds. The zero-order valence-corrected chi connectivity index (χ0v) is 26.7. The van der Waals surface area contributed by atoms with E-state index in [0.717, 1.165) is 56.5 Å². The summed E-state index contributed by atoms with van der Waals surface area (Å²) in [7, 11) is 0. The molecule has 1 aliphatic heterocycles. The number of fused-ring (bicyclic) bond motifs is 3. The second-order valence-corrected chi connectivity index (χ2v) is 11.8. The molecule has 6 aromatic rings.